The summed E-state index contributed by atoms with van der Waals surface area (Å²) in [5, 5.41) is 2.65. The van der Waals surface area contributed by atoms with Gasteiger partial charge in [0, 0.05) is 0 Å². The minimum absolute atomic E-state index is 0.00720. The van der Waals surface area contributed by atoms with E-state index in [0.29, 0.717) is 25.2 Å². The van der Waals surface area contributed by atoms with Gasteiger partial charge >= 0.3 is 6.09 Å². The molecule has 0 aromatic carbocycles. The van der Waals surface area contributed by atoms with Crippen LogP contribution >= 0.6 is 0 Å². The van der Waals surface area contributed by atoms with Crippen molar-refractivity contribution in [3.05, 3.63) is 0 Å². The van der Waals surface area contributed by atoms with Crippen molar-refractivity contribution < 1.29 is 22.7 Å². The second-order valence-electron chi connectivity index (χ2n) is 8.63. The number of nitrogens with one attached hydrogen (secondary N) is 2. The molecule has 2 amide bonds. The maximum atomic E-state index is 12.7. The molecule has 8 heteroatoms. The molecule has 2 N–H and O–H groups in total. The molecule has 1 unspecified atom stereocenters. The Hall–Kier alpha value is -1.31. The molecule has 7 nitrogen and oxygen atoms in total. The number of carbonyl (C=O) groups is 2. The molecule has 24 heavy (non-hydrogen) atoms. The molecular weight excluding hydrogens is 332 g/mol. The Labute approximate surface area is 142 Å². The third-order valence-corrected chi connectivity index (χ3v) is 7.32. The van der Waals surface area contributed by atoms with E-state index in [1.165, 1.54) is 0 Å². The molecule has 0 bridgehead atoms. The van der Waals surface area contributed by atoms with Gasteiger partial charge in [-0.05, 0) is 71.6 Å². The Morgan fingerprint density at radius 2 is 1.75 bits per heavy atom. The number of alkyl carbamates (subject to hydrolysis) is 1. The standard InChI is InChI=1S/C16H26N2O5S/c1-14(2,3)23-13(20)17-16(9-11(16)10-5-6-10)12(19)18-24(21,22)15(4)7-8-15/h10-11H,5-9H2,1-4H3,(H,17,20)(H,18,19)/t11-,16?/m0/s1. The van der Waals surface area contributed by atoms with Crippen LogP contribution in [0.25, 0.3) is 0 Å². The van der Waals surface area contributed by atoms with Crippen LogP contribution in [0.2, 0.25) is 0 Å². The molecule has 2 atom stereocenters. The Kier molecular flexibility index (Phi) is 3.72. The maximum absolute atomic E-state index is 12.7. The van der Waals surface area contributed by atoms with Crippen LogP contribution in [-0.2, 0) is 19.6 Å². The van der Waals surface area contributed by atoms with Gasteiger partial charge in [-0.2, -0.15) is 0 Å². The van der Waals surface area contributed by atoms with Gasteiger partial charge in [-0.3, -0.25) is 9.52 Å². The lowest BCUT2D eigenvalue weighted by molar-refractivity contribution is -0.123. The molecule has 3 fully saturated rings. The molecule has 0 radical (unpaired) electrons. The number of sulfonamides is 1. The smallest absolute Gasteiger partial charge is 0.408 e. The summed E-state index contributed by atoms with van der Waals surface area (Å²) < 4.78 is 31.2. The van der Waals surface area contributed by atoms with Gasteiger partial charge in [0.1, 0.15) is 11.1 Å². The van der Waals surface area contributed by atoms with Crippen molar-refractivity contribution >= 4 is 22.0 Å². The molecule has 0 aromatic rings. The van der Waals surface area contributed by atoms with Gasteiger partial charge in [0.05, 0.1) is 4.75 Å². The molecule has 136 valence electrons. The summed E-state index contributed by atoms with van der Waals surface area (Å²) in [6.07, 6.45) is 2.91. The predicted molar refractivity (Wildman–Crippen MR) is 87.6 cm³/mol. The summed E-state index contributed by atoms with van der Waals surface area (Å²) in [4.78, 5) is 24.8. The lowest BCUT2D eigenvalue weighted by Crippen LogP contribution is -2.54. The fraction of sp³-hybridized carbons (Fsp3) is 0.875. The highest BCUT2D eigenvalue weighted by Crippen LogP contribution is 2.57. The van der Waals surface area contributed by atoms with Crippen LogP contribution in [0.15, 0.2) is 0 Å². The molecule has 3 aliphatic carbocycles. The van der Waals surface area contributed by atoms with Crippen LogP contribution in [0.4, 0.5) is 4.79 Å². The van der Waals surface area contributed by atoms with Gasteiger partial charge in [0.15, 0.2) is 0 Å². The summed E-state index contributed by atoms with van der Waals surface area (Å²) in [6, 6.07) is 0. The second kappa shape index (κ2) is 5.09. The van der Waals surface area contributed by atoms with Crippen molar-refractivity contribution in [1.82, 2.24) is 10.0 Å². The first-order chi connectivity index (χ1) is 10.9. The number of carbonyl (C=O) groups excluding carboxylic acids is 2. The fourth-order valence-electron chi connectivity index (χ4n) is 3.08. The van der Waals surface area contributed by atoms with Crippen molar-refractivity contribution in [2.75, 3.05) is 0 Å². The first-order valence-corrected chi connectivity index (χ1v) is 9.95. The number of amides is 2. The molecule has 0 saturated heterocycles. The number of hydrogen-bond donors (Lipinski definition) is 2. The minimum atomic E-state index is -3.72. The van der Waals surface area contributed by atoms with Crippen molar-refractivity contribution in [3.8, 4) is 0 Å². The van der Waals surface area contributed by atoms with E-state index in [0.717, 1.165) is 12.8 Å². The van der Waals surface area contributed by atoms with E-state index in [9.17, 15) is 18.0 Å². The highest BCUT2D eigenvalue weighted by Gasteiger charge is 2.67. The van der Waals surface area contributed by atoms with Crippen molar-refractivity contribution in [2.24, 2.45) is 11.8 Å². The van der Waals surface area contributed by atoms with E-state index in [1.807, 2.05) is 0 Å². The molecule has 0 spiro atoms. The average molecular weight is 358 g/mol. The summed E-state index contributed by atoms with van der Waals surface area (Å²) >= 11 is 0. The summed E-state index contributed by atoms with van der Waals surface area (Å²) in [5.41, 5.74) is -1.83. The average Bonchev–Trinajstić information content (AvgIpc) is 3.24. The zero-order valence-electron chi connectivity index (χ0n) is 14.6. The van der Waals surface area contributed by atoms with Gasteiger partial charge in [-0.15, -0.1) is 0 Å². The largest absolute Gasteiger partial charge is 0.444 e. The van der Waals surface area contributed by atoms with Gasteiger partial charge in [0.25, 0.3) is 5.91 Å². The third kappa shape index (κ3) is 3.25. The molecule has 0 heterocycles. The Morgan fingerprint density at radius 3 is 2.21 bits per heavy atom. The van der Waals surface area contributed by atoms with Gasteiger partial charge in [0.2, 0.25) is 10.0 Å². The lowest BCUT2D eigenvalue weighted by Gasteiger charge is -2.24. The summed E-state index contributed by atoms with van der Waals surface area (Å²) in [6.45, 7) is 6.84. The normalized spacial score (nSPS) is 31.1. The van der Waals surface area contributed by atoms with Crippen LogP contribution in [0.3, 0.4) is 0 Å². The molecule has 3 saturated carbocycles. The fourth-order valence-corrected chi connectivity index (χ4v) is 4.40. The molecule has 0 aliphatic heterocycles. The van der Waals surface area contributed by atoms with Crippen LogP contribution in [0.1, 0.15) is 59.8 Å². The topological polar surface area (TPSA) is 102 Å². The van der Waals surface area contributed by atoms with Crippen molar-refractivity contribution in [3.63, 3.8) is 0 Å². The van der Waals surface area contributed by atoms with Crippen LogP contribution in [0.5, 0.6) is 0 Å². The van der Waals surface area contributed by atoms with Gasteiger partial charge < -0.3 is 10.1 Å². The highest BCUT2D eigenvalue weighted by molar-refractivity contribution is 7.91. The van der Waals surface area contributed by atoms with E-state index in [-0.39, 0.29) is 5.92 Å². The Bertz CT molecular complexity index is 673. The highest BCUT2D eigenvalue weighted by atomic mass is 32.2. The van der Waals surface area contributed by atoms with Crippen LogP contribution in [-0.4, -0.2) is 36.3 Å². The maximum Gasteiger partial charge on any atom is 0.408 e. The molecule has 3 rings (SSSR count). The quantitative estimate of drug-likeness (QED) is 0.778. The van der Waals surface area contributed by atoms with Gasteiger partial charge in [-0.25, -0.2) is 13.2 Å². The summed E-state index contributed by atoms with van der Waals surface area (Å²) in [7, 11) is -3.72. The van der Waals surface area contributed by atoms with E-state index >= 15 is 0 Å². The minimum Gasteiger partial charge on any atom is -0.444 e. The van der Waals surface area contributed by atoms with E-state index in [2.05, 4.69) is 10.0 Å². The lowest BCUT2D eigenvalue weighted by atomic mass is 10.1. The van der Waals surface area contributed by atoms with E-state index in [1.54, 1.807) is 27.7 Å². The zero-order chi connectivity index (χ0) is 18.0. The van der Waals surface area contributed by atoms with Crippen LogP contribution < -0.4 is 10.0 Å². The van der Waals surface area contributed by atoms with Crippen molar-refractivity contribution in [1.29, 1.82) is 0 Å². The van der Waals surface area contributed by atoms with Gasteiger partial charge in [-0.1, -0.05) is 0 Å². The number of ether oxygens (including phenoxy) is 1. The predicted octanol–water partition coefficient (Wildman–Crippen LogP) is 1.68. The number of rotatable bonds is 5. The first-order valence-electron chi connectivity index (χ1n) is 8.47. The monoisotopic (exact) mass is 358 g/mol. The molecular formula is C16H26N2O5S. The number of hydrogen-bond acceptors (Lipinski definition) is 5. The molecule has 0 aromatic heterocycles. The second-order valence-corrected chi connectivity index (χ2v) is 10.8. The van der Waals surface area contributed by atoms with E-state index < -0.39 is 37.9 Å². The van der Waals surface area contributed by atoms with E-state index in [4.69, 9.17) is 4.74 Å². The summed E-state index contributed by atoms with van der Waals surface area (Å²) in [5.74, 6) is -0.254. The third-order valence-electron chi connectivity index (χ3n) is 5.16. The molecule has 3 aliphatic rings. The zero-order valence-corrected chi connectivity index (χ0v) is 15.5. The Morgan fingerprint density at radius 1 is 1.17 bits per heavy atom. The van der Waals surface area contributed by atoms with Crippen molar-refractivity contribution in [2.45, 2.75) is 75.7 Å². The van der Waals surface area contributed by atoms with Crippen LogP contribution in [0, 0.1) is 11.8 Å². The SMILES string of the molecule is CC(C)(C)OC(=O)NC1(C(=O)NS(=O)(=O)C2(C)CC2)C[C@H]1C1CC1. The Balaban J connectivity index is 1.72. The first kappa shape index (κ1) is 17.5.